The monoisotopic (exact) mass is 849 g/mol. The molecule has 0 saturated carbocycles. The van der Waals surface area contributed by atoms with Gasteiger partial charge in [-0.15, -0.1) is 0 Å². The minimum atomic E-state index is 0.668. The molecule has 0 aliphatic heterocycles. The van der Waals surface area contributed by atoms with Crippen molar-refractivity contribution in [2.75, 3.05) is 0 Å². The van der Waals surface area contributed by atoms with Gasteiger partial charge in [0.25, 0.3) is 0 Å². The van der Waals surface area contributed by atoms with Gasteiger partial charge in [-0.2, -0.15) is 0 Å². The molecule has 0 bridgehead atoms. The predicted molar refractivity (Wildman–Crippen MR) is 282 cm³/mol. The Bertz CT molecular complexity index is 4250. The molecule has 0 radical (unpaired) electrons. The van der Waals surface area contributed by atoms with Crippen molar-refractivity contribution in [3.63, 3.8) is 0 Å². The van der Waals surface area contributed by atoms with E-state index in [9.17, 15) is 0 Å². The van der Waals surface area contributed by atoms with Gasteiger partial charge in [0, 0.05) is 33.2 Å². The number of hydrogen-bond donors (Lipinski definition) is 0. The second kappa shape index (κ2) is 14.8. The summed E-state index contributed by atoms with van der Waals surface area (Å²) in [5, 5.41) is 14.7. The molecule has 0 N–H and O–H groups in total. The molecule has 310 valence electrons. The SMILES string of the molecule is c1ccc(-c2ccc3c4ccccc4n(-c4cc(-c5nc(-c6ccccc6)cc(-c6ccc7ccc8cccc9ccc6c7c89)n5)cc(-c5cc6ccccc6c6ccccc56)c4)c3c2)cc1. The Morgan fingerprint density at radius 2 is 0.866 bits per heavy atom. The summed E-state index contributed by atoms with van der Waals surface area (Å²) in [5.41, 5.74) is 12.8. The zero-order chi connectivity index (χ0) is 44.0. The topological polar surface area (TPSA) is 30.7 Å². The molecule has 0 unspecified atom stereocenters. The van der Waals surface area contributed by atoms with E-state index in [0.717, 1.165) is 55.9 Å². The number of rotatable bonds is 6. The molecular formula is C64H39N3. The van der Waals surface area contributed by atoms with Crippen LogP contribution in [0.4, 0.5) is 0 Å². The molecule has 14 rings (SSSR count). The van der Waals surface area contributed by atoms with Gasteiger partial charge in [0.2, 0.25) is 0 Å². The normalized spacial score (nSPS) is 11.9. The maximum atomic E-state index is 5.61. The molecule has 3 nitrogen and oxygen atoms in total. The smallest absolute Gasteiger partial charge is 0.160 e. The Morgan fingerprint density at radius 1 is 0.269 bits per heavy atom. The highest BCUT2D eigenvalue weighted by Crippen LogP contribution is 2.43. The molecule has 0 atom stereocenters. The van der Waals surface area contributed by atoms with Crippen molar-refractivity contribution in [3.8, 4) is 61.8 Å². The summed E-state index contributed by atoms with van der Waals surface area (Å²) in [5.74, 6) is 0.668. The second-order valence-electron chi connectivity index (χ2n) is 17.7. The van der Waals surface area contributed by atoms with Gasteiger partial charge in [0.15, 0.2) is 5.82 Å². The van der Waals surface area contributed by atoms with E-state index in [0.29, 0.717) is 5.82 Å². The quantitative estimate of drug-likeness (QED) is 0.156. The summed E-state index contributed by atoms with van der Waals surface area (Å²) in [6.45, 7) is 0. The maximum absolute atomic E-state index is 5.61. The van der Waals surface area contributed by atoms with Crippen molar-refractivity contribution in [1.82, 2.24) is 14.5 Å². The van der Waals surface area contributed by atoms with Crippen LogP contribution in [-0.4, -0.2) is 14.5 Å². The van der Waals surface area contributed by atoms with Crippen molar-refractivity contribution >= 4 is 75.7 Å². The fourth-order valence-corrected chi connectivity index (χ4v) is 10.8. The van der Waals surface area contributed by atoms with Gasteiger partial charge in [-0.3, -0.25) is 0 Å². The fourth-order valence-electron chi connectivity index (χ4n) is 10.8. The van der Waals surface area contributed by atoms with Crippen LogP contribution in [0.15, 0.2) is 237 Å². The lowest BCUT2D eigenvalue weighted by Crippen LogP contribution is -2.00. The van der Waals surface area contributed by atoms with Crippen LogP contribution in [0, 0.1) is 0 Å². The largest absolute Gasteiger partial charge is 0.309 e. The van der Waals surface area contributed by atoms with Gasteiger partial charge in [-0.25, -0.2) is 9.97 Å². The first-order valence-electron chi connectivity index (χ1n) is 23.0. The third kappa shape index (κ3) is 5.99. The van der Waals surface area contributed by atoms with Crippen LogP contribution in [0.3, 0.4) is 0 Å². The van der Waals surface area contributed by atoms with Crippen LogP contribution in [0.25, 0.3) is 138 Å². The van der Waals surface area contributed by atoms with Gasteiger partial charge < -0.3 is 4.57 Å². The van der Waals surface area contributed by atoms with Crippen LogP contribution in [0.2, 0.25) is 0 Å². The molecule has 0 spiro atoms. The Labute approximate surface area is 386 Å². The van der Waals surface area contributed by atoms with Crippen LogP contribution >= 0.6 is 0 Å². The Hall–Kier alpha value is -8.92. The van der Waals surface area contributed by atoms with Crippen molar-refractivity contribution < 1.29 is 0 Å². The minimum absolute atomic E-state index is 0.668. The lowest BCUT2D eigenvalue weighted by atomic mass is 9.91. The number of nitrogens with zero attached hydrogens (tertiary/aromatic N) is 3. The van der Waals surface area contributed by atoms with Gasteiger partial charge in [0.1, 0.15) is 0 Å². The van der Waals surface area contributed by atoms with Crippen LogP contribution in [0.5, 0.6) is 0 Å². The lowest BCUT2D eigenvalue weighted by Gasteiger charge is -2.17. The number of aromatic nitrogens is 3. The predicted octanol–water partition coefficient (Wildman–Crippen LogP) is 17.1. The molecule has 0 aliphatic rings. The average Bonchev–Trinajstić information content (AvgIpc) is 3.74. The van der Waals surface area contributed by atoms with E-state index in [-0.39, 0.29) is 0 Å². The van der Waals surface area contributed by atoms with Crippen molar-refractivity contribution in [1.29, 1.82) is 0 Å². The molecule has 67 heavy (non-hydrogen) atoms. The van der Waals surface area contributed by atoms with E-state index < -0.39 is 0 Å². The average molecular weight is 850 g/mol. The van der Waals surface area contributed by atoms with Gasteiger partial charge >= 0.3 is 0 Å². The van der Waals surface area contributed by atoms with Crippen molar-refractivity contribution in [3.05, 3.63) is 237 Å². The molecule has 0 saturated heterocycles. The highest BCUT2D eigenvalue weighted by Gasteiger charge is 2.20. The molecule has 2 heterocycles. The molecule has 0 fully saturated rings. The van der Waals surface area contributed by atoms with Crippen LogP contribution in [-0.2, 0) is 0 Å². The molecular weight excluding hydrogens is 811 g/mol. The highest BCUT2D eigenvalue weighted by molar-refractivity contribution is 6.25. The Kier molecular flexibility index (Phi) is 8.28. The number of benzene rings is 12. The summed E-state index contributed by atoms with van der Waals surface area (Å²) in [7, 11) is 0. The summed E-state index contributed by atoms with van der Waals surface area (Å²) in [4.78, 5) is 11.1. The zero-order valence-electron chi connectivity index (χ0n) is 36.4. The van der Waals surface area contributed by atoms with E-state index in [1.807, 2.05) is 0 Å². The maximum Gasteiger partial charge on any atom is 0.160 e. The first-order chi connectivity index (χ1) is 33.2. The molecule has 2 aromatic heterocycles. The van der Waals surface area contributed by atoms with E-state index >= 15 is 0 Å². The summed E-state index contributed by atoms with van der Waals surface area (Å²) < 4.78 is 2.44. The van der Waals surface area contributed by atoms with Gasteiger partial charge in [-0.1, -0.05) is 194 Å². The summed E-state index contributed by atoms with van der Waals surface area (Å²) in [6, 6.07) is 86.0. The zero-order valence-corrected chi connectivity index (χ0v) is 36.4. The third-order valence-corrected chi connectivity index (χ3v) is 13.9. The number of hydrogen-bond acceptors (Lipinski definition) is 2. The molecule has 12 aromatic carbocycles. The lowest BCUT2D eigenvalue weighted by molar-refractivity contribution is 1.16. The van der Waals surface area contributed by atoms with E-state index in [4.69, 9.17) is 9.97 Å². The minimum Gasteiger partial charge on any atom is -0.309 e. The van der Waals surface area contributed by atoms with E-state index in [1.54, 1.807) is 0 Å². The Morgan fingerprint density at radius 3 is 1.69 bits per heavy atom. The standard InChI is InChI=1S/C64H39N3/c1-3-14-40(15-4-1)45-30-32-55-54-24-11-12-25-60(54)67(61(55)38-45)49-35-47(57-37-46-18-7-8-21-50(46)51-22-9-10-23-52(51)57)34-48(36-49)64-65-58(41-16-5-2-6-17-41)39-59(66-64)53-31-28-44-27-26-42-19-13-20-43-29-33-56(53)63(44)62(42)43/h1-39H. The van der Waals surface area contributed by atoms with Crippen LogP contribution < -0.4 is 0 Å². The first-order valence-corrected chi connectivity index (χ1v) is 23.0. The fraction of sp³-hybridized carbons (Fsp3) is 0. The molecule has 0 aliphatic carbocycles. The van der Waals surface area contributed by atoms with E-state index in [1.165, 1.54) is 75.8 Å². The van der Waals surface area contributed by atoms with E-state index in [2.05, 4.69) is 241 Å². The van der Waals surface area contributed by atoms with Crippen molar-refractivity contribution in [2.45, 2.75) is 0 Å². The molecule has 14 aromatic rings. The van der Waals surface area contributed by atoms with Crippen LogP contribution in [0.1, 0.15) is 0 Å². The van der Waals surface area contributed by atoms with Gasteiger partial charge in [0.05, 0.1) is 22.4 Å². The van der Waals surface area contributed by atoms with Crippen molar-refractivity contribution in [2.24, 2.45) is 0 Å². The summed E-state index contributed by atoms with van der Waals surface area (Å²) in [6.07, 6.45) is 0. The highest BCUT2D eigenvalue weighted by atomic mass is 15.0. The number of para-hydroxylation sites is 1. The van der Waals surface area contributed by atoms with Gasteiger partial charge in [-0.05, 0) is 119 Å². The Balaban J connectivity index is 1.08. The third-order valence-electron chi connectivity index (χ3n) is 13.9. The second-order valence-corrected chi connectivity index (χ2v) is 17.7. The summed E-state index contributed by atoms with van der Waals surface area (Å²) >= 11 is 0. The number of fused-ring (bicyclic) bond motifs is 6. The molecule has 0 amide bonds. The molecule has 3 heteroatoms. The first kappa shape index (κ1) is 37.5.